The molecule has 0 bridgehead atoms. The lowest BCUT2D eigenvalue weighted by atomic mass is 10.3. The maximum absolute atomic E-state index is 4.98. The summed E-state index contributed by atoms with van der Waals surface area (Å²) in [5, 5.41) is 7.11. The Hall–Kier alpha value is -1.36. The number of aromatic nitrogens is 2. The number of pyridine rings is 1. The molecule has 5 heteroatoms. The lowest BCUT2D eigenvalue weighted by Gasteiger charge is -2.06. The Balaban J connectivity index is 2.07. The zero-order chi connectivity index (χ0) is 11.5. The van der Waals surface area contributed by atoms with Gasteiger partial charge in [0.25, 0.3) is 0 Å². The van der Waals surface area contributed by atoms with Gasteiger partial charge in [-0.3, -0.25) is 0 Å². The second-order valence-corrected chi connectivity index (χ2v) is 4.37. The summed E-state index contributed by atoms with van der Waals surface area (Å²) in [6.07, 6.45) is 1.77. The van der Waals surface area contributed by atoms with E-state index in [0.29, 0.717) is 6.54 Å². The van der Waals surface area contributed by atoms with E-state index in [9.17, 15) is 0 Å². The molecule has 2 aromatic heterocycles. The smallest absolute Gasteiger partial charge is 0.140 e. The molecule has 0 aromatic carbocycles. The molecule has 4 nitrogen and oxygen atoms in total. The van der Waals surface area contributed by atoms with Gasteiger partial charge in [-0.2, -0.15) is 0 Å². The molecule has 0 fully saturated rings. The molecule has 0 atom stereocenters. The summed E-state index contributed by atoms with van der Waals surface area (Å²) in [5.41, 5.74) is 2.02. The topological polar surface area (TPSA) is 51.0 Å². The summed E-state index contributed by atoms with van der Waals surface area (Å²) in [6.45, 7) is 4.50. The van der Waals surface area contributed by atoms with Crippen LogP contribution in [0.5, 0.6) is 0 Å². The van der Waals surface area contributed by atoms with Crippen molar-refractivity contribution in [1.29, 1.82) is 0 Å². The van der Waals surface area contributed by atoms with Crippen molar-refractivity contribution in [3.8, 4) is 0 Å². The van der Waals surface area contributed by atoms with E-state index in [2.05, 4.69) is 31.4 Å². The molecule has 0 saturated heterocycles. The maximum atomic E-state index is 4.98. The minimum atomic E-state index is 0.604. The number of halogens is 1. The van der Waals surface area contributed by atoms with E-state index in [1.807, 2.05) is 26.0 Å². The van der Waals surface area contributed by atoms with Crippen LogP contribution in [0.2, 0.25) is 0 Å². The third-order valence-corrected chi connectivity index (χ3v) is 3.20. The molecule has 16 heavy (non-hydrogen) atoms. The van der Waals surface area contributed by atoms with Gasteiger partial charge in [-0.25, -0.2) is 4.98 Å². The van der Waals surface area contributed by atoms with Gasteiger partial charge in [0.15, 0.2) is 0 Å². The van der Waals surface area contributed by atoms with E-state index >= 15 is 0 Å². The maximum Gasteiger partial charge on any atom is 0.140 e. The first-order valence-corrected chi connectivity index (χ1v) is 5.73. The zero-order valence-electron chi connectivity index (χ0n) is 9.12. The Morgan fingerprint density at radius 1 is 1.44 bits per heavy atom. The van der Waals surface area contributed by atoms with Gasteiger partial charge in [0.05, 0.1) is 11.0 Å². The van der Waals surface area contributed by atoms with Crippen LogP contribution in [0.15, 0.2) is 27.3 Å². The molecule has 0 aliphatic rings. The third kappa shape index (κ3) is 2.41. The van der Waals surface area contributed by atoms with Crippen molar-refractivity contribution in [3.05, 3.63) is 39.8 Å². The summed E-state index contributed by atoms with van der Waals surface area (Å²) in [4.78, 5) is 4.24. The molecule has 0 aliphatic heterocycles. The van der Waals surface area contributed by atoms with E-state index in [0.717, 1.165) is 27.3 Å². The molecular formula is C11H12BrN3O. The predicted molar refractivity (Wildman–Crippen MR) is 65.2 cm³/mol. The lowest BCUT2D eigenvalue weighted by Crippen LogP contribution is -2.02. The SMILES string of the molecule is Cc1cc(CNc2nccc(C)c2Br)no1. The van der Waals surface area contributed by atoms with Crippen LogP contribution in [0.1, 0.15) is 17.0 Å². The van der Waals surface area contributed by atoms with Crippen LogP contribution in [0.4, 0.5) is 5.82 Å². The van der Waals surface area contributed by atoms with Gasteiger partial charge in [0.1, 0.15) is 17.3 Å². The number of hydrogen-bond donors (Lipinski definition) is 1. The van der Waals surface area contributed by atoms with Crippen LogP contribution in [0.3, 0.4) is 0 Å². The van der Waals surface area contributed by atoms with Crippen molar-refractivity contribution < 1.29 is 4.52 Å². The van der Waals surface area contributed by atoms with Crippen molar-refractivity contribution in [2.45, 2.75) is 20.4 Å². The van der Waals surface area contributed by atoms with Gasteiger partial charge < -0.3 is 9.84 Å². The van der Waals surface area contributed by atoms with Crippen LogP contribution < -0.4 is 5.32 Å². The van der Waals surface area contributed by atoms with Crippen molar-refractivity contribution in [2.75, 3.05) is 5.32 Å². The normalized spacial score (nSPS) is 10.4. The van der Waals surface area contributed by atoms with Crippen LogP contribution in [-0.2, 0) is 6.54 Å². The number of aryl methyl sites for hydroxylation is 2. The minimum Gasteiger partial charge on any atom is -0.363 e. The highest BCUT2D eigenvalue weighted by Crippen LogP contribution is 2.23. The van der Waals surface area contributed by atoms with Crippen molar-refractivity contribution in [3.63, 3.8) is 0 Å². The van der Waals surface area contributed by atoms with Crippen LogP contribution in [0.25, 0.3) is 0 Å². The van der Waals surface area contributed by atoms with Gasteiger partial charge in [-0.1, -0.05) is 5.16 Å². The first-order chi connectivity index (χ1) is 7.66. The zero-order valence-corrected chi connectivity index (χ0v) is 10.7. The Labute approximate surface area is 102 Å². The highest BCUT2D eigenvalue weighted by Gasteiger charge is 2.05. The third-order valence-electron chi connectivity index (χ3n) is 2.20. The lowest BCUT2D eigenvalue weighted by molar-refractivity contribution is 0.391. The van der Waals surface area contributed by atoms with E-state index in [4.69, 9.17) is 4.52 Å². The van der Waals surface area contributed by atoms with E-state index in [-0.39, 0.29) is 0 Å². The fourth-order valence-electron chi connectivity index (χ4n) is 1.34. The minimum absolute atomic E-state index is 0.604. The highest BCUT2D eigenvalue weighted by atomic mass is 79.9. The van der Waals surface area contributed by atoms with E-state index in [1.54, 1.807) is 6.20 Å². The van der Waals surface area contributed by atoms with Crippen LogP contribution >= 0.6 is 15.9 Å². The van der Waals surface area contributed by atoms with Gasteiger partial charge in [0.2, 0.25) is 0 Å². The molecule has 0 spiro atoms. The molecule has 0 unspecified atom stereocenters. The standard InChI is InChI=1S/C11H12BrN3O/c1-7-3-4-13-11(10(7)12)14-6-9-5-8(2)16-15-9/h3-5H,6H2,1-2H3,(H,13,14). The number of hydrogen-bond acceptors (Lipinski definition) is 4. The summed E-state index contributed by atoms with van der Waals surface area (Å²) in [5.74, 6) is 1.63. The second-order valence-electron chi connectivity index (χ2n) is 3.57. The van der Waals surface area contributed by atoms with Gasteiger partial charge >= 0.3 is 0 Å². The Bertz CT molecular complexity index is 496. The highest BCUT2D eigenvalue weighted by molar-refractivity contribution is 9.10. The number of anilines is 1. The fraction of sp³-hybridized carbons (Fsp3) is 0.273. The number of rotatable bonds is 3. The van der Waals surface area contributed by atoms with Crippen LogP contribution in [-0.4, -0.2) is 10.1 Å². The van der Waals surface area contributed by atoms with Crippen molar-refractivity contribution in [1.82, 2.24) is 10.1 Å². The number of nitrogens with one attached hydrogen (secondary N) is 1. The van der Waals surface area contributed by atoms with Gasteiger partial charge in [-0.15, -0.1) is 0 Å². The summed E-state index contributed by atoms with van der Waals surface area (Å²) >= 11 is 3.49. The molecule has 2 heterocycles. The Morgan fingerprint density at radius 3 is 2.94 bits per heavy atom. The quantitative estimate of drug-likeness (QED) is 0.940. The van der Waals surface area contributed by atoms with Crippen molar-refractivity contribution in [2.24, 2.45) is 0 Å². The second kappa shape index (κ2) is 4.65. The largest absolute Gasteiger partial charge is 0.363 e. The predicted octanol–water partition coefficient (Wildman–Crippen LogP) is 3.06. The van der Waals surface area contributed by atoms with Gasteiger partial charge in [0, 0.05) is 12.3 Å². The first-order valence-electron chi connectivity index (χ1n) is 4.94. The Kier molecular flexibility index (Phi) is 3.24. The number of nitrogens with zero attached hydrogens (tertiary/aromatic N) is 2. The molecule has 0 saturated carbocycles. The molecule has 1 N–H and O–H groups in total. The van der Waals surface area contributed by atoms with Crippen LogP contribution in [0, 0.1) is 13.8 Å². The molecule has 0 radical (unpaired) electrons. The first kappa shape index (κ1) is 11.1. The summed E-state index contributed by atoms with van der Waals surface area (Å²) in [6, 6.07) is 3.85. The molecule has 0 amide bonds. The monoisotopic (exact) mass is 281 g/mol. The average molecular weight is 282 g/mol. The molecule has 84 valence electrons. The molecule has 2 aromatic rings. The molecule has 0 aliphatic carbocycles. The van der Waals surface area contributed by atoms with Crippen molar-refractivity contribution >= 4 is 21.7 Å². The average Bonchev–Trinajstić information content (AvgIpc) is 2.67. The molecular weight excluding hydrogens is 270 g/mol. The summed E-state index contributed by atoms with van der Waals surface area (Å²) in [7, 11) is 0. The summed E-state index contributed by atoms with van der Waals surface area (Å²) < 4.78 is 5.97. The van der Waals surface area contributed by atoms with E-state index in [1.165, 1.54) is 0 Å². The molecule has 2 rings (SSSR count). The fourth-order valence-corrected chi connectivity index (χ4v) is 1.71. The van der Waals surface area contributed by atoms with E-state index < -0.39 is 0 Å². The van der Waals surface area contributed by atoms with Gasteiger partial charge in [-0.05, 0) is 41.4 Å². The Morgan fingerprint density at radius 2 is 2.25 bits per heavy atom.